The summed E-state index contributed by atoms with van der Waals surface area (Å²) in [5.41, 5.74) is -1.90. The maximum Gasteiger partial charge on any atom is 0.315 e. The van der Waals surface area contributed by atoms with Gasteiger partial charge in [-0.15, -0.1) is 0 Å². The van der Waals surface area contributed by atoms with Crippen molar-refractivity contribution in [3.05, 3.63) is 0 Å². The van der Waals surface area contributed by atoms with Gasteiger partial charge in [-0.1, -0.05) is 66.7 Å². The number of hydrogen-bond acceptors (Lipinski definition) is 7. The smallest absolute Gasteiger partial charge is 0.315 e. The SMILES string of the molecule is CN(CC1CC1)S(=O)(=O)CC1(NC(=O)N[C@H](C(=O)N2C[C@H]3[C@@H]([C@H]2C(=O)N[C@@H](CC2CC2)C(=O)C(=O)NC2CC2)C3(C)C)C(C)(C)C)CCCCC1. The molecule has 13 nitrogen and oxygen atoms in total. The third-order valence-corrected chi connectivity index (χ3v) is 14.5. The lowest BCUT2D eigenvalue weighted by atomic mass is 9.83. The average molecular weight is 733 g/mol. The molecule has 51 heavy (non-hydrogen) atoms. The van der Waals surface area contributed by atoms with Gasteiger partial charge in [-0.25, -0.2) is 17.5 Å². The maximum absolute atomic E-state index is 14.5. The molecule has 0 aromatic rings. The molecule has 5 aliphatic carbocycles. The minimum absolute atomic E-state index is 0.0137. The predicted molar refractivity (Wildman–Crippen MR) is 192 cm³/mol. The van der Waals surface area contributed by atoms with Gasteiger partial charge < -0.3 is 26.2 Å². The number of urea groups is 1. The fraction of sp³-hybridized carbons (Fsp3) is 0.865. The number of hydrogen-bond donors (Lipinski definition) is 4. The molecule has 6 aliphatic rings. The van der Waals surface area contributed by atoms with Gasteiger partial charge >= 0.3 is 6.03 Å². The molecule has 6 rings (SSSR count). The average Bonchev–Trinajstić information content (AvgIpc) is 3.85. The van der Waals surface area contributed by atoms with Crippen molar-refractivity contribution in [1.29, 1.82) is 0 Å². The number of rotatable bonds is 15. The van der Waals surface area contributed by atoms with Crippen molar-refractivity contribution in [1.82, 2.24) is 30.5 Å². The summed E-state index contributed by atoms with van der Waals surface area (Å²) < 4.78 is 28.4. The molecule has 0 bridgehead atoms. The van der Waals surface area contributed by atoms with Crippen LogP contribution in [0.1, 0.15) is 112 Å². The molecule has 0 radical (unpaired) electrons. The Morgan fingerprint density at radius 2 is 1.53 bits per heavy atom. The van der Waals surface area contributed by atoms with E-state index < -0.39 is 68.6 Å². The fourth-order valence-corrected chi connectivity index (χ4v) is 10.3. The standard InChI is InChI=1S/C37H60N6O7S/c1-35(2,3)30(40-34(48)41-37(16-8-7-9-17-37)21-51(49,50)42(6)19-23-12-13-23)33(47)43-20-25-27(36(25,4)5)28(43)31(45)39-26(18-22-10-11-22)29(44)32(46)38-24-14-15-24/h22-28,30H,7-21H2,1-6H3,(H,38,46)(H,39,45)(H2,40,41,48)/t25-,26-,27-,28-,30+/m0/s1. The Morgan fingerprint density at radius 3 is 2.10 bits per heavy atom. The highest BCUT2D eigenvalue weighted by Gasteiger charge is 2.70. The highest BCUT2D eigenvalue weighted by Crippen LogP contribution is 2.65. The van der Waals surface area contributed by atoms with Crippen LogP contribution >= 0.6 is 0 Å². The highest BCUT2D eigenvalue weighted by molar-refractivity contribution is 7.89. The van der Waals surface area contributed by atoms with E-state index in [4.69, 9.17) is 0 Å². The number of Topliss-reactive ketones (excluding diaryl/α,β-unsaturated/α-hetero) is 1. The molecule has 5 atom stereocenters. The minimum atomic E-state index is -3.64. The Labute approximate surface area is 303 Å². The topological polar surface area (TPSA) is 174 Å². The van der Waals surface area contributed by atoms with E-state index in [2.05, 4.69) is 35.1 Å². The number of sulfonamides is 1. The zero-order valence-corrected chi connectivity index (χ0v) is 32.2. The number of nitrogens with one attached hydrogen (secondary N) is 4. The summed E-state index contributed by atoms with van der Waals surface area (Å²) in [4.78, 5) is 70.1. The van der Waals surface area contributed by atoms with Crippen LogP contribution in [0.5, 0.6) is 0 Å². The van der Waals surface area contributed by atoms with Crippen LogP contribution in [0.4, 0.5) is 4.79 Å². The molecular weight excluding hydrogens is 673 g/mol. The van der Waals surface area contributed by atoms with Crippen molar-refractivity contribution < 1.29 is 32.4 Å². The molecule has 1 aliphatic heterocycles. The second-order valence-corrected chi connectivity index (χ2v) is 20.5. The minimum Gasteiger partial charge on any atom is -0.347 e. The Balaban J connectivity index is 1.17. The molecule has 1 saturated heterocycles. The summed E-state index contributed by atoms with van der Waals surface area (Å²) in [6.45, 7) is 10.5. The third-order valence-electron chi connectivity index (χ3n) is 12.5. The van der Waals surface area contributed by atoms with E-state index in [9.17, 15) is 32.4 Å². The molecule has 0 spiro atoms. The highest BCUT2D eigenvalue weighted by atomic mass is 32.2. The molecule has 5 saturated carbocycles. The van der Waals surface area contributed by atoms with Gasteiger partial charge in [0.1, 0.15) is 12.1 Å². The molecule has 14 heteroatoms. The van der Waals surface area contributed by atoms with E-state index in [0.29, 0.717) is 38.3 Å². The summed E-state index contributed by atoms with van der Waals surface area (Å²) in [5, 5.41) is 11.6. The third kappa shape index (κ3) is 8.74. The molecule has 0 unspecified atom stereocenters. The van der Waals surface area contributed by atoms with Crippen LogP contribution < -0.4 is 21.3 Å². The molecule has 0 aromatic carbocycles. The van der Waals surface area contributed by atoms with Gasteiger partial charge in [-0.3, -0.25) is 19.2 Å². The number of ketones is 1. The largest absolute Gasteiger partial charge is 0.347 e. The van der Waals surface area contributed by atoms with Crippen LogP contribution in [0.3, 0.4) is 0 Å². The van der Waals surface area contributed by atoms with Crippen LogP contribution in [-0.2, 0) is 29.2 Å². The second kappa shape index (κ2) is 13.9. The summed E-state index contributed by atoms with van der Waals surface area (Å²) in [5.74, 6) is -1.75. The van der Waals surface area contributed by atoms with Gasteiger partial charge in [-0.05, 0) is 79.4 Å². The second-order valence-electron chi connectivity index (χ2n) is 18.5. The normalized spacial score (nSPS) is 27.9. The van der Waals surface area contributed by atoms with Crippen LogP contribution in [0.15, 0.2) is 0 Å². The summed E-state index contributed by atoms with van der Waals surface area (Å²) in [6.07, 6.45) is 9.62. The number of carbonyl (C=O) groups excluding carboxylic acids is 5. The molecular formula is C37H60N6O7S. The molecule has 0 aromatic heterocycles. The lowest BCUT2D eigenvalue weighted by Crippen LogP contribution is -2.64. The Kier molecular flexibility index (Phi) is 10.4. The van der Waals surface area contributed by atoms with Crippen LogP contribution in [0.2, 0.25) is 0 Å². The molecule has 5 amide bonds. The van der Waals surface area contributed by atoms with E-state index in [1.54, 1.807) is 11.9 Å². The first kappa shape index (κ1) is 38.0. The van der Waals surface area contributed by atoms with Gasteiger partial charge in [-0.2, -0.15) is 0 Å². The summed E-state index contributed by atoms with van der Waals surface area (Å²) >= 11 is 0. The van der Waals surface area contributed by atoms with E-state index in [-0.39, 0.29) is 35.0 Å². The van der Waals surface area contributed by atoms with Crippen molar-refractivity contribution in [2.24, 2.45) is 34.5 Å². The van der Waals surface area contributed by atoms with Gasteiger partial charge in [0.05, 0.1) is 17.3 Å². The number of fused-ring (bicyclic) bond motifs is 1. The lowest BCUT2D eigenvalue weighted by Gasteiger charge is -2.41. The van der Waals surface area contributed by atoms with Crippen molar-refractivity contribution in [3.63, 3.8) is 0 Å². The fourth-order valence-electron chi connectivity index (χ4n) is 8.62. The number of likely N-dealkylation sites (tertiary alicyclic amines) is 1. The Hall–Kier alpha value is -2.74. The molecule has 6 fully saturated rings. The van der Waals surface area contributed by atoms with Crippen LogP contribution in [0, 0.1) is 34.5 Å². The number of piperidine rings is 1. The Morgan fingerprint density at radius 1 is 0.902 bits per heavy atom. The monoisotopic (exact) mass is 732 g/mol. The van der Waals surface area contributed by atoms with Gasteiger partial charge in [0.15, 0.2) is 0 Å². The summed E-state index contributed by atoms with van der Waals surface area (Å²) in [6, 6.07) is -3.43. The van der Waals surface area contributed by atoms with Crippen molar-refractivity contribution in [2.45, 2.75) is 141 Å². The number of carbonyl (C=O) groups is 5. The van der Waals surface area contributed by atoms with Crippen molar-refractivity contribution in [2.75, 3.05) is 25.9 Å². The summed E-state index contributed by atoms with van der Waals surface area (Å²) in [7, 11) is -2.03. The Bertz CT molecular complexity index is 1510. The predicted octanol–water partition coefficient (Wildman–Crippen LogP) is 2.69. The van der Waals surface area contributed by atoms with E-state index in [1.165, 1.54) is 4.31 Å². The van der Waals surface area contributed by atoms with E-state index in [0.717, 1.165) is 57.8 Å². The van der Waals surface area contributed by atoms with E-state index >= 15 is 0 Å². The molecule has 4 N–H and O–H groups in total. The zero-order chi connectivity index (χ0) is 37.1. The van der Waals surface area contributed by atoms with Crippen molar-refractivity contribution >= 4 is 39.6 Å². The van der Waals surface area contributed by atoms with Gasteiger partial charge in [0, 0.05) is 26.2 Å². The first-order valence-corrected chi connectivity index (χ1v) is 20.9. The first-order chi connectivity index (χ1) is 23.8. The number of amides is 5. The first-order valence-electron chi connectivity index (χ1n) is 19.3. The quantitative estimate of drug-likeness (QED) is 0.187. The van der Waals surface area contributed by atoms with E-state index in [1.807, 2.05) is 20.8 Å². The van der Waals surface area contributed by atoms with Crippen LogP contribution in [-0.4, -0.2) is 103 Å². The zero-order valence-electron chi connectivity index (χ0n) is 31.4. The van der Waals surface area contributed by atoms with Gasteiger partial charge in [0.2, 0.25) is 27.6 Å². The maximum atomic E-state index is 14.5. The molecule has 1 heterocycles. The van der Waals surface area contributed by atoms with Crippen molar-refractivity contribution in [3.8, 4) is 0 Å². The number of nitrogens with zero attached hydrogens (tertiary/aromatic N) is 2. The molecule has 286 valence electrons. The lowest BCUT2D eigenvalue weighted by molar-refractivity contribution is -0.145. The van der Waals surface area contributed by atoms with Crippen LogP contribution in [0.25, 0.3) is 0 Å². The van der Waals surface area contributed by atoms with Gasteiger partial charge in [0.25, 0.3) is 5.91 Å².